The van der Waals surface area contributed by atoms with Crippen LogP contribution in [0.25, 0.3) is 0 Å². The van der Waals surface area contributed by atoms with Crippen LogP contribution in [-0.4, -0.2) is 48.7 Å². The van der Waals surface area contributed by atoms with Crippen LogP contribution >= 0.6 is 11.8 Å². The van der Waals surface area contributed by atoms with E-state index in [4.69, 9.17) is 19.4 Å². The number of aryl methyl sites for hydroxylation is 1. The van der Waals surface area contributed by atoms with Gasteiger partial charge in [-0.1, -0.05) is 36.0 Å². The van der Waals surface area contributed by atoms with E-state index < -0.39 is 0 Å². The van der Waals surface area contributed by atoms with Crippen LogP contribution in [0.4, 0.5) is 5.82 Å². The van der Waals surface area contributed by atoms with Crippen molar-refractivity contribution >= 4 is 23.5 Å². The maximum absolute atomic E-state index is 12.7. The van der Waals surface area contributed by atoms with Crippen molar-refractivity contribution < 1.29 is 14.3 Å². The molecule has 0 aliphatic carbocycles. The Labute approximate surface area is 240 Å². The summed E-state index contributed by atoms with van der Waals surface area (Å²) in [6, 6.07) is 19.3. The minimum Gasteiger partial charge on any atom is -0.493 e. The van der Waals surface area contributed by atoms with Gasteiger partial charge < -0.3 is 19.7 Å². The van der Waals surface area contributed by atoms with Crippen LogP contribution in [0.5, 0.6) is 11.5 Å². The first-order valence-corrected chi connectivity index (χ1v) is 14.0. The van der Waals surface area contributed by atoms with Crippen molar-refractivity contribution in [1.29, 1.82) is 0 Å². The van der Waals surface area contributed by atoms with Crippen LogP contribution in [0.1, 0.15) is 38.4 Å². The van der Waals surface area contributed by atoms with Crippen LogP contribution < -0.4 is 19.7 Å². The fraction of sp³-hybridized carbons (Fsp3) is 0.290. The van der Waals surface area contributed by atoms with Crippen molar-refractivity contribution in [2.45, 2.75) is 37.7 Å². The van der Waals surface area contributed by atoms with Gasteiger partial charge in [0.05, 0.1) is 26.5 Å². The minimum atomic E-state index is -0.127. The summed E-state index contributed by atoms with van der Waals surface area (Å²) in [5, 5.41) is 3.64. The zero-order valence-electron chi connectivity index (χ0n) is 23.6. The van der Waals surface area contributed by atoms with Crippen LogP contribution in [0.2, 0.25) is 0 Å². The van der Waals surface area contributed by atoms with Crippen molar-refractivity contribution in [3.05, 3.63) is 101 Å². The number of nitrogens with one attached hydrogen (secondary N) is 1. The molecule has 8 nitrogen and oxygen atoms in total. The number of pyridine rings is 1. The fourth-order valence-electron chi connectivity index (χ4n) is 4.19. The molecule has 40 heavy (non-hydrogen) atoms. The molecule has 4 aromatic rings. The van der Waals surface area contributed by atoms with E-state index >= 15 is 0 Å². The van der Waals surface area contributed by atoms with E-state index in [2.05, 4.69) is 35.2 Å². The molecule has 0 fully saturated rings. The third kappa shape index (κ3) is 7.51. The van der Waals surface area contributed by atoms with Crippen molar-refractivity contribution in [3.8, 4) is 11.5 Å². The van der Waals surface area contributed by atoms with Crippen LogP contribution in [0.3, 0.4) is 0 Å². The number of thioether (sulfide) groups is 1. The highest BCUT2D eigenvalue weighted by atomic mass is 32.2. The Morgan fingerprint density at radius 3 is 2.52 bits per heavy atom. The molecule has 0 saturated heterocycles. The number of ether oxygens (including phenoxy) is 2. The van der Waals surface area contributed by atoms with Gasteiger partial charge in [0.1, 0.15) is 5.82 Å². The second-order valence-electron chi connectivity index (χ2n) is 9.39. The number of methoxy groups -OCH3 is 2. The first-order chi connectivity index (χ1) is 19.4. The van der Waals surface area contributed by atoms with E-state index in [-0.39, 0.29) is 5.91 Å². The zero-order valence-corrected chi connectivity index (χ0v) is 24.4. The number of aromatic nitrogens is 3. The summed E-state index contributed by atoms with van der Waals surface area (Å²) in [4.78, 5) is 28.7. The van der Waals surface area contributed by atoms with Gasteiger partial charge in [0.25, 0.3) is 5.91 Å². The molecule has 0 unspecified atom stereocenters. The fourth-order valence-corrected chi connectivity index (χ4v) is 5.02. The first kappa shape index (κ1) is 28.9. The molecule has 1 N–H and O–H groups in total. The molecule has 2 aromatic carbocycles. The summed E-state index contributed by atoms with van der Waals surface area (Å²) in [6.07, 6.45) is 2.55. The van der Waals surface area contributed by atoms with E-state index in [0.717, 1.165) is 58.4 Å². The van der Waals surface area contributed by atoms with Gasteiger partial charge >= 0.3 is 0 Å². The molecular formula is C31H35N5O3S. The Morgan fingerprint density at radius 1 is 0.950 bits per heavy atom. The SMILES string of the molecule is COc1ccc(CCN(C)c2nc(SCc3cccc(C(=O)NCc4ccccn4)c3)nc(C)c2C)cc1OC. The van der Waals surface area contributed by atoms with Gasteiger partial charge in [0.15, 0.2) is 16.7 Å². The van der Waals surface area contributed by atoms with Crippen molar-refractivity contribution in [3.63, 3.8) is 0 Å². The second-order valence-corrected chi connectivity index (χ2v) is 10.3. The van der Waals surface area contributed by atoms with E-state index in [1.807, 2.05) is 61.5 Å². The number of nitrogens with zero attached hydrogens (tertiary/aromatic N) is 4. The standard InChI is InChI=1S/C31H35N5O3S/c1-21-22(2)34-31(35-29(21)36(3)16-14-23-12-13-27(38-4)28(18-23)39-5)40-20-24-9-8-10-25(17-24)30(37)33-19-26-11-6-7-15-32-26/h6-13,15,17-18H,14,16,19-20H2,1-5H3,(H,33,37). The normalized spacial score (nSPS) is 10.7. The van der Waals surface area contributed by atoms with Crippen molar-refractivity contribution in [1.82, 2.24) is 20.3 Å². The summed E-state index contributed by atoms with van der Waals surface area (Å²) < 4.78 is 10.8. The minimum absolute atomic E-state index is 0.127. The lowest BCUT2D eigenvalue weighted by molar-refractivity contribution is 0.0950. The number of benzene rings is 2. The number of amides is 1. The molecule has 0 saturated carbocycles. The third-order valence-electron chi connectivity index (χ3n) is 6.60. The molecule has 0 aliphatic heterocycles. The highest BCUT2D eigenvalue weighted by molar-refractivity contribution is 7.98. The Morgan fingerprint density at radius 2 is 1.77 bits per heavy atom. The summed E-state index contributed by atoms with van der Waals surface area (Å²) in [5.74, 6) is 2.89. The lowest BCUT2D eigenvalue weighted by Gasteiger charge is -2.22. The lowest BCUT2D eigenvalue weighted by Crippen LogP contribution is -2.23. The molecule has 0 spiro atoms. The van der Waals surface area contributed by atoms with E-state index in [1.165, 1.54) is 0 Å². The first-order valence-electron chi connectivity index (χ1n) is 13.0. The molecule has 2 heterocycles. The lowest BCUT2D eigenvalue weighted by atomic mass is 10.1. The van der Waals surface area contributed by atoms with Gasteiger partial charge in [0, 0.05) is 42.4 Å². The molecule has 0 aliphatic rings. The van der Waals surface area contributed by atoms with Crippen molar-refractivity contribution in [2.75, 3.05) is 32.7 Å². The number of hydrogen-bond donors (Lipinski definition) is 1. The Hall–Kier alpha value is -4.11. The maximum atomic E-state index is 12.7. The molecule has 208 valence electrons. The molecular weight excluding hydrogens is 522 g/mol. The zero-order chi connectivity index (χ0) is 28.5. The van der Waals surface area contributed by atoms with Crippen molar-refractivity contribution in [2.24, 2.45) is 0 Å². The van der Waals surface area contributed by atoms with Gasteiger partial charge in [-0.05, 0) is 67.8 Å². The Kier molecular flexibility index (Phi) is 9.96. The summed E-state index contributed by atoms with van der Waals surface area (Å²) in [5.41, 5.74) is 5.63. The number of likely N-dealkylation sites (N-methyl/N-ethyl adjacent to an activating group) is 1. The van der Waals surface area contributed by atoms with Gasteiger partial charge in [-0.2, -0.15) is 0 Å². The van der Waals surface area contributed by atoms with E-state index in [9.17, 15) is 4.79 Å². The Bertz CT molecular complexity index is 1450. The van der Waals surface area contributed by atoms with E-state index in [0.29, 0.717) is 23.0 Å². The summed E-state index contributed by atoms with van der Waals surface area (Å²) >= 11 is 1.56. The summed E-state index contributed by atoms with van der Waals surface area (Å²) in [7, 11) is 5.34. The molecule has 2 aromatic heterocycles. The molecule has 1 amide bonds. The van der Waals surface area contributed by atoms with Gasteiger partial charge in [-0.15, -0.1) is 0 Å². The Balaban J connectivity index is 1.38. The predicted octanol–water partition coefficient (Wildman–Crippen LogP) is 5.41. The monoisotopic (exact) mass is 557 g/mol. The predicted molar refractivity (Wildman–Crippen MR) is 159 cm³/mol. The number of carbonyl (C=O) groups is 1. The number of anilines is 1. The molecule has 0 bridgehead atoms. The largest absolute Gasteiger partial charge is 0.493 e. The average Bonchev–Trinajstić information content (AvgIpc) is 2.99. The molecule has 9 heteroatoms. The number of rotatable bonds is 12. The highest BCUT2D eigenvalue weighted by Gasteiger charge is 2.14. The topological polar surface area (TPSA) is 89.5 Å². The second kappa shape index (κ2) is 13.8. The number of hydrogen-bond acceptors (Lipinski definition) is 8. The van der Waals surface area contributed by atoms with E-state index in [1.54, 1.807) is 32.2 Å². The molecule has 0 radical (unpaired) electrons. The smallest absolute Gasteiger partial charge is 0.251 e. The average molecular weight is 558 g/mol. The summed E-state index contributed by atoms with van der Waals surface area (Å²) in [6.45, 7) is 5.24. The van der Waals surface area contributed by atoms with Crippen LogP contribution in [0.15, 0.2) is 72.0 Å². The van der Waals surface area contributed by atoms with Crippen LogP contribution in [-0.2, 0) is 18.7 Å². The van der Waals surface area contributed by atoms with Crippen LogP contribution in [0, 0.1) is 13.8 Å². The highest BCUT2D eigenvalue weighted by Crippen LogP contribution is 2.29. The third-order valence-corrected chi connectivity index (χ3v) is 7.52. The van der Waals surface area contributed by atoms with Gasteiger partial charge in [-0.25, -0.2) is 9.97 Å². The maximum Gasteiger partial charge on any atom is 0.251 e. The number of carbonyl (C=O) groups excluding carboxylic acids is 1. The quantitative estimate of drug-likeness (QED) is 0.183. The van der Waals surface area contributed by atoms with Gasteiger partial charge in [0.2, 0.25) is 0 Å². The van der Waals surface area contributed by atoms with Gasteiger partial charge in [-0.3, -0.25) is 9.78 Å². The molecule has 0 atom stereocenters. The molecule has 4 rings (SSSR count).